The van der Waals surface area contributed by atoms with Gasteiger partial charge in [0.2, 0.25) is 11.8 Å². The van der Waals surface area contributed by atoms with Crippen molar-refractivity contribution in [2.24, 2.45) is 11.8 Å². The number of rotatable bonds is 6. The molecule has 1 aliphatic heterocycles. The zero-order valence-corrected chi connectivity index (χ0v) is 15.7. The zero-order chi connectivity index (χ0) is 19.1. The largest absolute Gasteiger partial charge is 0.469 e. The van der Waals surface area contributed by atoms with Crippen molar-refractivity contribution < 1.29 is 19.1 Å². The van der Waals surface area contributed by atoms with Gasteiger partial charge in [-0.05, 0) is 25.3 Å². The molecule has 1 aromatic rings. The van der Waals surface area contributed by atoms with Gasteiger partial charge in [-0.15, -0.1) is 0 Å². The molecule has 0 bridgehead atoms. The van der Waals surface area contributed by atoms with Gasteiger partial charge in [-0.25, -0.2) is 0 Å². The van der Waals surface area contributed by atoms with Crippen LogP contribution in [0.2, 0.25) is 0 Å². The molecule has 0 unspecified atom stereocenters. The number of benzene rings is 1. The maximum atomic E-state index is 12.9. The topological polar surface area (TPSA) is 75.7 Å². The van der Waals surface area contributed by atoms with Crippen LogP contribution in [-0.4, -0.2) is 42.9 Å². The predicted molar refractivity (Wildman–Crippen MR) is 98.1 cm³/mol. The first-order chi connectivity index (χ1) is 12.5. The van der Waals surface area contributed by atoms with Gasteiger partial charge in [-0.3, -0.25) is 14.4 Å². The summed E-state index contributed by atoms with van der Waals surface area (Å²) >= 11 is 0. The molecule has 142 valence electrons. The first kappa shape index (κ1) is 19.9. The number of hydrogen-bond donors (Lipinski definition) is 1. The van der Waals surface area contributed by atoms with Gasteiger partial charge in [0.1, 0.15) is 0 Å². The van der Waals surface area contributed by atoms with Crippen molar-refractivity contribution in [1.29, 1.82) is 0 Å². The van der Waals surface area contributed by atoms with Gasteiger partial charge in [0.05, 0.1) is 25.0 Å². The van der Waals surface area contributed by atoms with E-state index in [-0.39, 0.29) is 23.7 Å². The smallest absolute Gasteiger partial charge is 0.310 e. The van der Waals surface area contributed by atoms with Crippen LogP contribution in [0.3, 0.4) is 0 Å². The van der Waals surface area contributed by atoms with Crippen LogP contribution in [0.1, 0.15) is 44.7 Å². The van der Waals surface area contributed by atoms with Crippen LogP contribution >= 0.6 is 0 Å². The van der Waals surface area contributed by atoms with E-state index in [0.717, 1.165) is 18.4 Å². The number of ether oxygens (including phenoxy) is 1. The van der Waals surface area contributed by atoms with Gasteiger partial charge in [0, 0.05) is 19.5 Å². The summed E-state index contributed by atoms with van der Waals surface area (Å²) in [5.74, 6) is -1.18. The van der Waals surface area contributed by atoms with E-state index in [1.807, 2.05) is 37.3 Å². The van der Waals surface area contributed by atoms with Crippen LogP contribution in [0, 0.1) is 11.8 Å². The van der Waals surface area contributed by atoms with E-state index >= 15 is 0 Å². The summed E-state index contributed by atoms with van der Waals surface area (Å²) in [4.78, 5) is 38.6. The van der Waals surface area contributed by atoms with E-state index in [4.69, 9.17) is 4.74 Å². The lowest BCUT2D eigenvalue weighted by Crippen LogP contribution is -2.47. The summed E-state index contributed by atoms with van der Waals surface area (Å²) in [7, 11) is 1.35. The second-order valence-electron chi connectivity index (χ2n) is 6.74. The monoisotopic (exact) mass is 360 g/mol. The summed E-state index contributed by atoms with van der Waals surface area (Å²) in [6.07, 6.45) is 2.00. The standard InChI is InChI=1S/C20H28N2O4/c1-4-17(23)22-12-8-11-16(13-22)19(24)21-18(14(2)20(25)26-3)15-9-6-5-7-10-15/h5-7,9-10,14,16,18H,4,8,11-13H2,1-3H3,(H,21,24)/t14-,16+,18-/m1/s1. The fraction of sp³-hybridized carbons (Fsp3) is 0.550. The summed E-state index contributed by atoms with van der Waals surface area (Å²) in [6, 6.07) is 8.95. The SMILES string of the molecule is CCC(=O)N1CCC[C@H](C(=O)N[C@@H](c2ccccc2)[C@@H](C)C(=O)OC)C1. The molecule has 1 aliphatic rings. The molecule has 0 aliphatic carbocycles. The number of amides is 2. The molecule has 1 heterocycles. The molecule has 6 nitrogen and oxygen atoms in total. The number of methoxy groups -OCH3 is 1. The molecule has 2 rings (SSSR count). The molecular weight excluding hydrogens is 332 g/mol. The molecule has 0 aromatic heterocycles. The molecule has 2 amide bonds. The first-order valence-corrected chi connectivity index (χ1v) is 9.18. The Kier molecular flexibility index (Phi) is 7.18. The lowest BCUT2D eigenvalue weighted by atomic mass is 9.92. The van der Waals surface area contributed by atoms with E-state index in [0.29, 0.717) is 19.5 Å². The summed E-state index contributed by atoms with van der Waals surface area (Å²) in [6.45, 7) is 4.72. The van der Waals surface area contributed by atoms with Crippen molar-refractivity contribution in [3.63, 3.8) is 0 Å². The van der Waals surface area contributed by atoms with E-state index in [1.165, 1.54) is 7.11 Å². The quantitative estimate of drug-likeness (QED) is 0.790. The van der Waals surface area contributed by atoms with Crippen molar-refractivity contribution in [2.45, 2.75) is 39.2 Å². The predicted octanol–water partition coefficient (Wildman–Crippen LogP) is 2.30. The molecule has 1 aromatic carbocycles. The number of nitrogens with one attached hydrogen (secondary N) is 1. The molecule has 3 atom stereocenters. The van der Waals surface area contributed by atoms with Gasteiger partial charge in [-0.1, -0.05) is 37.3 Å². The summed E-state index contributed by atoms with van der Waals surface area (Å²) < 4.78 is 4.86. The number of carbonyl (C=O) groups is 3. The highest BCUT2D eigenvalue weighted by molar-refractivity contribution is 5.82. The highest BCUT2D eigenvalue weighted by atomic mass is 16.5. The number of carbonyl (C=O) groups excluding carboxylic acids is 3. The number of nitrogens with zero attached hydrogens (tertiary/aromatic N) is 1. The third kappa shape index (κ3) is 4.84. The minimum absolute atomic E-state index is 0.0741. The molecular formula is C20H28N2O4. The Morgan fingerprint density at radius 3 is 2.58 bits per heavy atom. The maximum Gasteiger partial charge on any atom is 0.310 e. The fourth-order valence-electron chi connectivity index (χ4n) is 3.39. The molecule has 6 heteroatoms. The lowest BCUT2D eigenvalue weighted by Gasteiger charge is -2.33. The van der Waals surface area contributed by atoms with E-state index in [2.05, 4.69) is 5.32 Å². The Hall–Kier alpha value is -2.37. The minimum Gasteiger partial charge on any atom is -0.469 e. The molecule has 1 saturated heterocycles. The van der Waals surface area contributed by atoms with E-state index in [1.54, 1.807) is 11.8 Å². The normalized spacial score (nSPS) is 19.3. The van der Waals surface area contributed by atoms with Crippen molar-refractivity contribution in [2.75, 3.05) is 20.2 Å². The number of hydrogen-bond acceptors (Lipinski definition) is 4. The number of piperidine rings is 1. The Morgan fingerprint density at radius 2 is 1.96 bits per heavy atom. The average Bonchev–Trinajstić information content (AvgIpc) is 2.70. The lowest BCUT2D eigenvalue weighted by molar-refractivity contribution is -0.146. The van der Waals surface area contributed by atoms with Crippen LogP contribution in [0.15, 0.2) is 30.3 Å². The van der Waals surface area contributed by atoms with Gasteiger partial charge in [-0.2, -0.15) is 0 Å². The highest BCUT2D eigenvalue weighted by Gasteiger charge is 2.32. The second kappa shape index (κ2) is 9.36. The van der Waals surface area contributed by atoms with Crippen molar-refractivity contribution in [3.8, 4) is 0 Å². The molecule has 26 heavy (non-hydrogen) atoms. The molecule has 0 radical (unpaired) electrons. The molecule has 1 N–H and O–H groups in total. The highest BCUT2D eigenvalue weighted by Crippen LogP contribution is 2.25. The van der Waals surface area contributed by atoms with E-state index < -0.39 is 12.0 Å². The maximum absolute atomic E-state index is 12.9. The minimum atomic E-state index is -0.511. The Balaban J connectivity index is 2.13. The average molecular weight is 360 g/mol. The van der Waals surface area contributed by atoms with Crippen molar-refractivity contribution in [3.05, 3.63) is 35.9 Å². The Morgan fingerprint density at radius 1 is 1.27 bits per heavy atom. The van der Waals surface area contributed by atoms with Crippen molar-refractivity contribution >= 4 is 17.8 Å². The fourth-order valence-corrected chi connectivity index (χ4v) is 3.39. The van der Waals surface area contributed by atoms with Crippen LogP contribution in [0.25, 0.3) is 0 Å². The van der Waals surface area contributed by atoms with Gasteiger partial charge in [0.15, 0.2) is 0 Å². The Bertz CT molecular complexity index is 632. The summed E-state index contributed by atoms with van der Waals surface area (Å²) in [5.41, 5.74) is 0.857. The van der Waals surface area contributed by atoms with Crippen LogP contribution in [-0.2, 0) is 19.1 Å². The van der Waals surface area contributed by atoms with Crippen LogP contribution in [0.5, 0.6) is 0 Å². The molecule has 0 spiro atoms. The molecule has 0 saturated carbocycles. The van der Waals surface area contributed by atoms with Gasteiger partial charge in [0.25, 0.3) is 0 Å². The second-order valence-corrected chi connectivity index (χ2v) is 6.74. The van der Waals surface area contributed by atoms with Crippen molar-refractivity contribution in [1.82, 2.24) is 10.2 Å². The van der Waals surface area contributed by atoms with E-state index in [9.17, 15) is 14.4 Å². The molecule has 1 fully saturated rings. The van der Waals surface area contributed by atoms with Gasteiger partial charge >= 0.3 is 5.97 Å². The van der Waals surface area contributed by atoms with Crippen LogP contribution < -0.4 is 5.32 Å². The Labute approximate surface area is 154 Å². The van der Waals surface area contributed by atoms with Gasteiger partial charge < -0.3 is 15.0 Å². The first-order valence-electron chi connectivity index (χ1n) is 9.18. The number of likely N-dealkylation sites (tertiary alicyclic amines) is 1. The number of esters is 1. The summed E-state index contributed by atoms with van der Waals surface area (Å²) in [5, 5.41) is 3.02. The third-order valence-electron chi connectivity index (χ3n) is 4.98. The van der Waals surface area contributed by atoms with Crippen LogP contribution in [0.4, 0.5) is 0 Å². The zero-order valence-electron chi connectivity index (χ0n) is 15.7. The third-order valence-corrected chi connectivity index (χ3v) is 4.98.